The molecule has 1 N–H and O–H groups in total. The molecular weight excluding hydrogens is 522 g/mol. The number of carbonyl (C=O) groups is 1. The zero-order valence-corrected chi connectivity index (χ0v) is 19.9. The van der Waals surface area contributed by atoms with E-state index in [2.05, 4.69) is 4.72 Å². The summed E-state index contributed by atoms with van der Waals surface area (Å²) in [5.74, 6) is -3.71. The minimum Gasteiger partial charge on any atom is -0.366 e. The Hall–Kier alpha value is -1.62. The highest BCUT2D eigenvalue weighted by Gasteiger charge is 2.78. The van der Waals surface area contributed by atoms with Gasteiger partial charge in [0, 0.05) is 18.0 Å². The van der Waals surface area contributed by atoms with Gasteiger partial charge >= 0.3 is 6.18 Å². The summed E-state index contributed by atoms with van der Waals surface area (Å²) in [6.07, 6.45) is -5.54. The van der Waals surface area contributed by atoms with Crippen molar-refractivity contribution in [2.45, 2.75) is 49.4 Å². The Balaban J connectivity index is 1.53. The lowest BCUT2D eigenvalue weighted by Gasteiger charge is -2.45. The molecule has 0 radical (unpaired) electrons. The third-order valence-electron chi connectivity index (χ3n) is 7.14. The minimum atomic E-state index is -4.90. The summed E-state index contributed by atoms with van der Waals surface area (Å²) >= 11 is 12.4. The molecule has 6 atom stereocenters. The molecule has 8 nitrogen and oxygen atoms in total. The molecule has 4 heterocycles. The zero-order chi connectivity index (χ0) is 24.8. The molecule has 1 amide bonds. The number of amides is 1. The van der Waals surface area contributed by atoms with Crippen molar-refractivity contribution in [3.05, 3.63) is 27.7 Å². The third-order valence-corrected chi connectivity index (χ3v) is 9.09. The average Bonchev–Trinajstić information content (AvgIpc) is 3.23. The number of nitriles is 1. The van der Waals surface area contributed by atoms with Gasteiger partial charge in [-0.2, -0.15) is 18.4 Å². The van der Waals surface area contributed by atoms with Crippen molar-refractivity contribution >= 4 is 44.8 Å². The lowest BCUT2D eigenvalue weighted by atomic mass is 9.64. The van der Waals surface area contributed by atoms with Gasteiger partial charge in [0.05, 0.1) is 45.4 Å². The molecule has 4 fully saturated rings. The number of rotatable bonds is 4. The zero-order valence-electron chi connectivity index (χ0n) is 17.5. The molecule has 1 aromatic rings. The van der Waals surface area contributed by atoms with Crippen LogP contribution in [0.2, 0.25) is 10.0 Å². The number of anilines is 1. The van der Waals surface area contributed by atoms with Crippen LogP contribution < -0.4 is 9.62 Å². The van der Waals surface area contributed by atoms with Gasteiger partial charge in [0.2, 0.25) is 15.9 Å². The summed E-state index contributed by atoms with van der Waals surface area (Å²) in [6, 6.07) is 3.77. The molecule has 0 unspecified atom stereocenters. The normalized spacial score (nSPS) is 36.6. The van der Waals surface area contributed by atoms with Crippen LogP contribution in [0.5, 0.6) is 0 Å². The highest BCUT2D eigenvalue weighted by molar-refractivity contribution is 7.89. The maximum absolute atomic E-state index is 13.6. The van der Waals surface area contributed by atoms with Gasteiger partial charge in [-0.05, 0) is 25.5 Å². The fourth-order valence-corrected chi connectivity index (χ4v) is 7.93. The lowest BCUT2D eigenvalue weighted by Crippen LogP contribution is -2.62. The second kappa shape index (κ2) is 7.44. The fraction of sp³-hybridized carbons (Fsp3) is 0.600. The molecule has 2 bridgehead atoms. The van der Waals surface area contributed by atoms with Crippen molar-refractivity contribution in [1.29, 1.82) is 5.26 Å². The summed E-state index contributed by atoms with van der Waals surface area (Å²) in [7, 11) is -4.70. The molecule has 4 saturated heterocycles. The Kier molecular flexibility index (Phi) is 5.27. The summed E-state index contributed by atoms with van der Waals surface area (Å²) in [5, 5.41) is 9.31. The molecule has 0 aromatic heterocycles. The first kappa shape index (κ1) is 24.1. The van der Waals surface area contributed by atoms with Crippen LogP contribution in [0, 0.1) is 23.2 Å². The smallest absolute Gasteiger partial charge is 0.366 e. The minimum absolute atomic E-state index is 0.0342. The van der Waals surface area contributed by atoms with Gasteiger partial charge in [-0.1, -0.05) is 23.2 Å². The second-order valence-electron chi connectivity index (χ2n) is 9.24. The second-order valence-corrected chi connectivity index (χ2v) is 11.8. The van der Waals surface area contributed by atoms with Crippen molar-refractivity contribution in [3.63, 3.8) is 0 Å². The maximum Gasteiger partial charge on any atom is 0.404 e. The van der Waals surface area contributed by atoms with Gasteiger partial charge in [0.25, 0.3) is 0 Å². The predicted octanol–water partition coefficient (Wildman–Crippen LogP) is 2.97. The summed E-state index contributed by atoms with van der Waals surface area (Å²) in [4.78, 5) is 15.0. The van der Waals surface area contributed by atoms with E-state index in [1.165, 1.54) is 17.0 Å². The van der Waals surface area contributed by atoms with E-state index in [0.29, 0.717) is 5.69 Å². The Morgan fingerprint density at radius 3 is 2.56 bits per heavy atom. The first-order valence-electron chi connectivity index (χ1n) is 10.3. The Bertz CT molecular complexity index is 1220. The van der Waals surface area contributed by atoms with E-state index in [1.54, 1.807) is 6.92 Å². The number of hydrogen-bond donors (Lipinski definition) is 1. The molecule has 4 aliphatic rings. The first-order chi connectivity index (χ1) is 15.7. The van der Waals surface area contributed by atoms with Crippen LogP contribution in [0.1, 0.15) is 25.3 Å². The number of fused-ring (bicyclic) bond motifs is 2. The lowest BCUT2D eigenvalue weighted by molar-refractivity contribution is -0.143. The van der Waals surface area contributed by atoms with Crippen LogP contribution in [0.25, 0.3) is 0 Å². The molecule has 5 rings (SSSR count). The molecule has 1 spiro atoms. The number of nitrogens with zero attached hydrogens (tertiary/aromatic N) is 2. The number of carbonyl (C=O) groups excluding carboxylic acids is 1. The van der Waals surface area contributed by atoms with Crippen LogP contribution >= 0.6 is 23.2 Å². The molecule has 184 valence electrons. The van der Waals surface area contributed by atoms with Crippen LogP contribution in [-0.2, 0) is 24.3 Å². The van der Waals surface area contributed by atoms with Crippen LogP contribution in [0.4, 0.5) is 18.9 Å². The molecule has 4 aliphatic heterocycles. The van der Waals surface area contributed by atoms with Crippen LogP contribution in [0.15, 0.2) is 12.1 Å². The van der Waals surface area contributed by atoms with E-state index in [1.807, 2.05) is 6.07 Å². The van der Waals surface area contributed by atoms with Gasteiger partial charge in [-0.25, -0.2) is 13.1 Å². The SMILES string of the molecule is C[C@@]12C[C@H](NS(=O)(=O)CC(F)(F)F)[C@]3(CCO[C@H]4[C@@H]3[C@@H]1C(=O)N4c1cc(Cl)c(C#N)c(Cl)c1)O2. The summed E-state index contributed by atoms with van der Waals surface area (Å²) in [5.41, 5.74) is -1.98. The van der Waals surface area contributed by atoms with E-state index in [-0.39, 0.29) is 41.0 Å². The van der Waals surface area contributed by atoms with Gasteiger partial charge in [0.1, 0.15) is 12.3 Å². The number of halogens is 5. The largest absolute Gasteiger partial charge is 0.404 e. The van der Waals surface area contributed by atoms with Crippen molar-refractivity contribution < 1.29 is 35.9 Å². The van der Waals surface area contributed by atoms with Gasteiger partial charge in [-0.15, -0.1) is 0 Å². The maximum atomic E-state index is 13.6. The summed E-state index contributed by atoms with van der Waals surface area (Å²) in [6.45, 7) is 1.75. The van der Waals surface area contributed by atoms with E-state index in [0.717, 1.165) is 0 Å². The standard InChI is InChI=1S/C20H18Cl2F3N3O5S/c1-18-6-13(27-34(30,31)8-20(23,24)25)19(33-18)2-3-32-17-15(19)14(18)16(29)28(17)9-4-11(21)10(7-26)12(22)5-9/h4-5,13-15,17,27H,2-3,6,8H2,1H3/t13-,14+,15-,17-,18+,19-/m0/s1. The van der Waals surface area contributed by atoms with Crippen molar-refractivity contribution in [2.24, 2.45) is 11.8 Å². The van der Waals surface area contributed by atoms with Crippen molar-refractivity contribution in [3.8, 4) is 6.07 Å². The van der Waals surface area contributed by atoms with Crippen molar-refractivity contribution in [2.75, 3.05) is 17.3 Å². The molecule has 34 heavy (non-hydrogen) atoms. The molecule has 14 heteroatoms. The van der Waals surface area contributed by atoms with Crippen molar-refractivity contribution in [1.82, 2.24) is 4.72 Å². The highest BCUT2D eigenvalue weighted by Crippen LogP contribution is 2.65. The Morgan fingerprint density at radius 2 is 1.97 bits per heavy atom. The fourth-order valence-electron chi connectivity index (χ4n) is 6.14. The molecule has 0 aliphatic carbocycles. The van der Waals surface area contributed by atoms with Gasteiger partial charge < -0.3 is 9.47 Å². The van der Waals surface area contributed by atoms with Crippen LogP contribution in [0.3, 0.4) is 0 Å². The monoisotopic (exact) mass is 539 g/mol. The quantitative estimate of drug-likeness (QED) is 0.630. The predicted molar refractivity (Wildman–Crippen MR) is 114 cm³/mol. The number of nitrogens with one attached hydrogen (secondary N) is 1. The van der Waals surface area contributed by atoms with E-state index >= 15 is 0 Å². The Labute approximate surface area is 202 Å². The average molecular weight is 540 g/mol. The number of alkyl halides is 3. The van der Waals surface area contributed by atoms with Gasteiger partial charge in [-0.3, -0.25) is 9.69 Å². The topological polar surface area (TPSA) is 109 Å². The number of ether oxygens (including phenoxy) is 2. The number of sulfonamides is 1. The molecule has 1 aromatic carbocycles. The first-order valence-corrected chi connectivity index (χ1v) is 12.7. The van der Waals surface area contributed by atoms with E-state index in [9.17, 15) is 31.6 Å². The molecule has 0 saturated carbocycles. The number of benzene rings is 1. The number of hydrogen-bond acceptors (Lipinski definition) is 6. The third kappa shape index (κ3) is 3.43. The van der Waals surface area contributed by atoms with Crippen LogP contribution in [-0.4, -0.2) is 56.3 Å². The highest BCUT2D eigenvalue weighted by atomic mass is 35.5. The van der Waals surface area contributed by atoms with E-state index in [4.69, 9.17) is 32.7 Å². The Morgan fingerprint density at radius 1 is 1.32 bits per heavy atom. The summed E-state index contributed by atoms with van der Waals surface area (Å²) < 4.78 is 77.3. The van der Waals surface area contributed by atoms with Gasteiger partial charge in [0.15, 0.2) is 5.75 Å². The van der Waals surface area contributed by atoms with E-state index < -0.39 is 57.3 Å². The molecular formula is C20H18Cl2F3N3O5S.